The minimum Gasteiger partial charge on any atom is -0.249 e. The Hall–Kier alpha value is -0.500. The number of thiazole rings is 1. The highest BCUT2D eigenvalue weighted by Gasteiger charge is 2.30. The van der Waals surface area contributed by atoms with Crippen molar-refractivity contribution < 1.29 is 8.42 Å². The van der Waals surface area contributed by atoms with E-state index in [-0.39, 0.29) is 0 Å². The van der Waals surface area contributed by atoms with Crippen molar-refractivity contribution in [1.29, 1.82) is 0 Å². The first kappa shape index (κ1) is 15.9. The van der Waals surface area contributed by atoms with E-state index in [4.69, 9.17) is 0 Å². The first-order valence-corrected chi connectivity index (χ1v) is 9.29. The molecule has 0 saturated carbocycles. The van der Waals surface area contributed by atoms with Crippen molar-refractivity contribution in [2.75, 3.05) is 20.1 Å². The monoisotopic (exact) mass is 317 g/mol. The molecule has 7 heteroatoms. The zero-order valence-electron chi connectivity index (χ0n) is 12.4. The summed E-state index contributed by atoms with van der Waals surface area (Å²) < 4.78 is 28.2. The maximum absolute atomic E-state index is 12.5. The fourth-order valence-corrected chi connectivity index (χ4v) is 4.94. The van der Waals surface area contributed by atoms with Gasteiger partial charge in [0.05, 0.1) is 11.6 Å². The molecule has 2 rings (SSSR count). The van der Waals surface area contributed by atoms with Crippen molar-refractivity contribution in [3.8, 4) is 0 Å². The molecule has 0 unspecified atom stereocenters. The third-order valence-corrected chi connectivity index (χ3v) is 6.65. The molecule has 0 radical (unpaired) electrons. The summed E-state index contributed by atoms with van der Waals surface area (Å²) in [7, 11) is -1.69. The quantitative estimate of drug-likeness (QED) is 0.836. The number of aromatic nitrogens is 1. The summed E-state index contributed by atoms with van der Waals surface area (Å²) in [4.78, 5) is 5.28. The van der Waals surface area contributed by atoms with Gasteiger partial charge in [0.2, 0.25) is 0 Å². The smallest absolute Gasteiger partial charge is 0.249 e. The molecule has 114 valence electrons. The molecule has 1 saturated heterocycles. The van der Waals surface area contributed by atoms with E-state index in [1.165, 1.54) is 4.31 Å². The minimum atomic E-state index is -3.35. The van der Waals surface area contributed by atoms with Crippen molar-refractivity contribution in [3.63, 3.8) is 0 Å². The predicted octanol–water partition coefficient (Wildman–Crippen LogP) is 2.11. The molecule has 0 aliphatic carbocycles. The highest BCUT2D eigenvalue weighted by atomic mass is 32.2. The summed E-state index contributed by atoms with van der Waals surface area (Å²) in [5.74, 6) is 0.446. The molecule has 1 atom stereocenters. The SMILES string of the molecule is CCc1ncc(CN(C)S(=O)(=O)N2CCC[C@H](C)C2)s1. The van der Waals surface area contributed by atoms with Crippen LogP contribution >= 0.6 is 11.3 Å². The number of aryl methyl sites for hydroxylation is 1. The van der Waals surface area contributed by atoms with Crippen molar-refractivity contribution in [2.24, 2.45) is 5.92 Å². The van der Waals surface area contributed by atoms with Crippen molar-refractivity contribution in [1.82, 2.24) is 13.6 Å². The summed E-state index contributed by atoms with van der Waals surface area (Å²) in [6.45, 7) is 5.84. The summed E-state index contributed by atoms with van der Waals surface area (Å²) >= 11 is 1.59. The average Bonchev–Trinajstić information content (AvgIpc) is 2.86. The molecule has 0 bridgehead atoms. The lowest BCUT2D eigenvalue weighted by Crippen LogP contribution is -2.45. The third kappa shape index (κ3) is 3.58. The standard InChI is InChI=1S/C13H23N3O2S2/c1-4-13-14-8-12(19-13)10-15(3)20(17,18)16-7-5-6-11(2)9-16/h8,11H,4-7,9-10H2,1-3H3/t11-/m0/s1. The van der Waals surface area contributed by atoms with E-state index in [1.807, 2.05) is 0 Å². The van der Waals surface area contributed by atoms with E-state index in [0.29, 0.717) is 25.6 Å². The van der Waals surface area contributed by atoms with Gasteiger partial charge in [-0.2, -0.15) is 17.0 Å². The lowest BCUT2D eigenvalue weighted by molar-refractivity contribution is 0.263. The second kappa shape index (κ2) is 6.51. The minimum absolute atomic E-state index is 0.408. The van der Waals surface area contributed by atoms with Crippen LogP contribution in [0.4, 0.5) is 0 Å². The normalized spacial score (nSPS) is 21.5. The molecule has 1 aliphatic heterocycles. The fourth-order valence-electron chi connectivity index (χ4n) is 2.44. The second-order valence-electron chi connectivity index (χ2n) is 5.44. The Bertz CT molecular complexity index is 542. The first-order chi connectivity index (χ1) is 9.43. The predicted molar refractivity (Wildman–Crippen MR) is 81.8 cm³/mol. The molecular formula is C13H23N3O2S2. The van der Waals surface area contributed by atoms with Gasteiger partial charge in [-0.15, -0.1) is 11.3 Å². The van der Waals surface area contributed by atoms with Crippen LogP contribution in [0, 0.1) is 5.92 Å². The van der Waals surface area contributed by atoms with Gasteiger partial charge in [-0.1, -0.05) is 13.8 Å². The Kier molecular flexibility index (Phi) is 5.17. The Balaban J connectivity index is 2.04. The highest BCUT2D eigenvalue weighted by molar-refractivity contribution is 7.86. The van der Waals surface area contributed by atoms with Crippen LogP contribution in [-0.4, -0.2) is 42.1 Å². The van der Waals surface area contributed by atoms with Gasteiger partial charge in [-0.3, -0.25) is 0 Å². The van der Waals surface area contributed by atoms with Gasteiger partial charge in [0.25, 0.3) is 10.2 Å². The van der Waals surface area contributed by atoms with Crippen LogP contribution in [0.15, 0.2) is 6.20 Å². The van der Waals surface area contributed by atoms with E-state index in [0.717, 1.165) is 29.1 Å². The van der Waals surface area contributed by atoms with E-state index in [2.05, 4.69) is 18.8 Å². The van der Waals surface area contributed by atoms with Crippen LogP contribution in [0.1, 0.15) is 36.6 Å². The Morgan fingerprint density at radius 1 is 1.55 bits per heavy atom. The van der Waals surface area contributed by atoms with Gasteiger partial charge in [-0.25, -0.2) is 4.98 Å². The highest BCUT2D eigenvalue weighted by Crippen LogP contribution is 2.22. The number of nitrogens with zero attached hydrogens (tertiary/aromatic N) is 3. The maximum atomic E-state index is 12.5. The van der Waals surface area contributed by atoms with Crippen LogP contribution in [0.25, 0.3) is 0 Å². The second-order valence-corrected chi connectivity index (χ2v) is 8.68. The molecule has 1 aromatic rings. The topological polar surface area (TPSA) is 53.5 Å². The molecular weight excluding hydrogens is 294 g/mol. The van der Waals surface area contributed by atoms with Crippen molar-refractivity contribution >= 4 is 21.5 Å². The van der Waals surface area contributed by atoms with Gasteiger partial charge >= 0.3 is 0 Å². The number of rotatable bonds is 5. The van der Waals surface area contributed by atoms with Crippen LogP contribution in [-0.2, 0) is 23.2 Å². The molecule has 1 aliphatic rings. The third-order valence-electron chi connectivity index (χ3n) is 3.62. The largest absolute Gasteiger partial charge is 0.282 e. The molecule has 0 spiro atoms. The fraction of sp³-hybridized carbons (Fsp3) is 0.769. The molecule has 2 heterocycles. The van der Waals surface area contributed by atoms with Gasteiger partial charge < -0.3 is 0 Å². The number of piperidine rings is 1. The maximum Gasteiger partial charge on any atom is 0.282 e. The van der Waals surface area contributed by atoms with Gasteiger partial charge in [0.15, 0.2) is 0 Å². The molecule has 1 aromatic heterocycles. The van der Waals surface area contributed by atoms with Crippen molar-refractivity contribution in [2.45, 2.75) is 39.7 Å². The van der Waals surface area contributed by atoms with Crippen LogP contribution in [0.3, 0.4) is 0 Å². The molecule has 0 aromatic carbocycles. The summed E-state index contributed by atoms with van der Waals surface area (Å²) in [5.41, 5.74) is 0. The molecule has 0 N–H and O–H groups in total. The molecule has 20 heavy (non-hydrogen) atoms. The molecule has 5 nitrogen and oxygen atoms in total. The van der Waals surface area contributed by atoms with Gasteiger partial charge in [0.1, 0.15) is 0 Å². The first-order valence-electron chi connectivity index (χ1n) is 7.08. The van der Waals surface area contributed by atoms with Crippen LogP contribution in [0.2, 0.25) is 0 Å². The Morgan fingerprint density at radius 3 is 2.90 bits per heavy atom. The lowest BCUT2D eigenvalue weighted by atomic mass is 10.0. The summed E-state index contributed by atoms with van der Waals surface area (Å²) in [6.07, 6.45) is 4.75. The average molecular weight is 317 g/mol. The summed E-state index contributed by atoms with van der Waals surface area (Å²) in [6, 6.07) is 0. The van der Waals surface area contributed by atoms with Gasteiger partial charge in [-0.05, 0) is 25.2 Å². The van der Waals surface area contributed by atoms with E-state index >= 15 is 0 Å². The Labute approximate surface area is 125 Å². The zero-order chi connectivity index (χ0) is 14.8. The molecule has 0 amide bonds. The van der Waals surface area contributed by atoms with E-state index in [9.17, 15) is 8.42 Å². The van der Waals surface area contributed by atoms with E-state index in [1.54, 1.807) is 28.9 Å². The summed E-state index contributed by atoms with van der Waals surface area (Å²) in [5, 5.41) is 1.05. The zero-order valence-corrected chi connectivity index (χ0v) is 14.0. The van der Waals surface area contributed by atoms with Gasteiger partial charge in [0, 0.05) is 31.2 Å². The Morgan fingerprint density at radius 2 is 2.30 bits per heavy atom. The van der Waals surface area contributed by atoms with Crippen LogP contribution < -0.4 is 0 Å². The van der Waals surface area contributed by atoms with Crippen LogP contribution in [0.5, 0.6) is 0 Å². The van der Waals surface area contributed by atoms with Crippen molar-refractivity contribution in [3.05, 3.63) is 16.1 Å². The number of hydrogen-bond donors (Lipinski definition) is 0. The lowest BCUT2D eigenvalue weighted by Gasteiger charge is -2.32. The number of hydrogen-bond acceptors (Lipinski definition) is 4. The molecule has 1 fully saturated rings. The van der Waals surface area contributed by atoms with E-state index < -0.39 is 10.2 Å².